The van der Waals surface area contributed by atoms with E-state index in [0.29, 0.717) is 10.8 Å². The summed E-state index contributed by atoms with van der Waals surface area (Å²) in [7, 11) is -3.53. The van der Waals surface area contributed by atoms with Crippen molar-refractivity contribution in [2.75, 3.05) is 7.11 Å². The number of carbonyl (C=O) groups is 1. The molecule has 8 nitrogen and oxygen atoms in total. The molecule has 2 aromatic heterocycles. The molecule has 0 unspecified atom stereocenters. The van der Waals surface area contributed by atoms with Gasteiger partial charge in [0.2, 0.25) is 0 Å². The number of pyridine rings is 1. The molecule has 1 fully saturated rings. The van der Waals surface area contributed by atoms with Gasteiger partial charge in [0.1, 0.15) is 0 Å². The molecule has 3 heterocycles. The fourth-order valence-electron chi connectivity index (χ4n) is 3.50. The van der Waals surface area contributed by atoms with Crippen LogP contribution in [0.5, 0.6) is 0 Å². The van der Waals surface area contributed by atoms with Gasteiger partial charge in [0.25, 0.3) is 10.0 Å². The van der Waals surface area contributed by atoms with Gasteiger partial charge in [-0.3, -0.25) is 0 Å². The third-order valence-electron chi connectivity index (χ3n) is 6.15. The maximum absolute atomic E-state index is 13.5. The van der Waals surface area contributed by atoms with Gasteiger partial charge in [0, 0.05) is 23.2 Å². The molecule has 1 aliphatic rings. The summed E-state index contributed by atoms with van der Waals surface area (Å²) in [6, 6.07) is 8.12. The number of rotatable bonds is 4. The molecular formula is C22H25BN2O6S. The molecule has 3 aromatic rings. The Balaban J connectivity index is 1.94. The number of hydrogen-bond acceptors (Lipinski definition) is 7. The fourth-order valence-corrected chi connectivity index (χ4v) is 4.83. The molecule has 1 aromatic carbocycles. The van der Waals surface area contributed by atoms with Crippen LogP contribution in [-0.4, -0.2) is 48.8 Å². The van der Waals surface area contributed by atoms with E-state index in [1.54, 1.807) is 30.3 Å². The van der Waals surface area contributed by atoms with Crippen LogP contribution in [0.4, 0.5) is 0 Å². The number of fused-ring (bicyclic) bond motifs is 1. The number of methoxy groups -OCH3 is 1. The molecule has 0 saturated carbocycles. The molecule has 32 heavy (non-hydrogen) atoms. The highest BCUT2D eigenvalue weighted by molar-refractivity contribution is 7.90. The lowest BCUT2D eigenvalue weighted by Crippen LogP contribution is -2.41. The van der Waals surface area contributed by atoms with Gasteiger partial charge in [-0.2, -0.15) is 0 Å². The zero-order valence-corrected chi connectivity index (χ0v) is 19.7. The molecule has 0 atom stereocenters. The van der Waals surface area contributed by atoms with Gasteiger partial charge in [0.05, 0.1) is 28.8 Å². The second kappa shape index (κ2) is 7.43. The van der Waals surface area contributed by atoms with Crippen molar-refractivity contribution in [3.8, 4) is 0 Å². The standard InChI is InChI=1S/C22H25BN2O6S/c1-14-7-9-16(10-8-14)32(27,28)25-13-18(23-30-21(2,3)22(4,5)31-23)17-11-15(20(26)29-6)12-24-19(17)25/h7-13H,1-6H3. The lowest BCUT2D eigenvalue weighted by atomic mass is 9.79. The van der Waals surface area contributed by atoms with Crippen molar-refractivity contribution in [1.29, 1.82) is 0 Å². The number of esters is 1. The predicted molar refractivity (Wildman–Crippen MR) is 121 cm³/mol. The van der Waals surface area contributed by atoms with Crippen LogP contribution in [0.15, 0.2) is 47.6 Å². The zero-order valence-electron chi connectivity index (χ0n) is 18.9. The van der Waals surface area contributed by atoms with Crippen LogP contribution in [0, 0.1) is 6.92 Å². The van der Waals surface area contributed by atoms with Crippen molar-refractivity contribution < 1.29 is 27.3 Å². The first-order valence-corrected chi connectivity index (χ1v) is 11.6. The molecule has 0 amide bonds. The number of ether oxygens (including phenoxy) is 1. The number of hydrogen-bond donors (Lipinski definition) is 0. The van der Waals surface area contributed by atoms with Gasteiger partial charge in [-0.15, -0.1) is 0 Å². The van der Waals surface area contributed by atoms with Crippen molar-refractivity contribution in [2.45, 2.75) is 50.7 Å². The van der Waals surface area contributed by atoms with Gasteiger partial charge in [-0.05, 0) is 52.8 Å². The number of nitrogens with zero attached hydrogens (tertiary/aromatic N) is 2. The molecule has 4 rings (SSSR count). The van der Waals surface area contributed by atoms with E-state index in [2.05, 4.69) is 4.98 Å². The first-order valence-electron chi connectivity index (χ1n) is 10.1. The van der Waals surface area contributed by atoms with Crippen molar-refractivity contribution in [3.05, 3.63) is 53.9 Å². The highest BCUT2D eigenvalue weighted by atomic mass is 32.2. The summed E-state index contributed by atoms with van der Waals surface area (Å²) < 4.78 is 45.2. The molecule has 168 valence electrons. The fraction of sp³-hybridized carbons (Fsp3) is 0.364. The zero-order chi connectivity index (χ0) is 23.5. The second-order valence-electron chi connectivity index (χ2n) is 8.87. The van der Waals surface area contributed by atoms with Crippen molar-refractivity contribution in [3.63, 3.8) is 0 Å². The minimum absolute atomic E-state index is 0.124. The second-order valence-corrected chi connectivity index (χ2v) is 10.7. The summed E-state index contributed by atoms with van der Waals surface area (Å²) in [5, 5.41) is 0.432. The minimum atomic E-state index is -3.96. The van der Waals surface area contributed by atoms with Crippen LogP contribution in [0.3, 0.4) is 0 Å². The molecule has 0 spiro atoms. The maximum Gasteiger partial charge on any atom is 0.497 e. The van der Waals surface area contributed by atoms with Gasteiger partial charge in [-0.1, -0.05) is 17.7 Å². The van der Waals surface area contributed by atoms with Crippen LogP contribution in [0.25, 0.3) is 11.0 Å². The first kappa shape index (κ1) is 22.5. The Bertz CT molecular complexity index is 1300. The van der Waals surface area contributed by atoms with Crippen LogP contribution in [0.1, 0.15) is 43.6 Å². The Hall–Kier alpha value is -2.69. The topological polar surface area (TPSA) is 96.7 Å². The summed E-state index contributed by atoms with van der Waals surface area (Å²) in [4.78, 5) is 16.5. The molecule has 0 radical (unpaired) electrons. The largest absolute Gasteiger partial charge is 0.497 e. The monoisotopic (exact) mass is 456 g/mol. The van der Waals surface area contributed by atoms with Crippen LogP contribution in [0.2, 0.25) is 0 Å². The van der Waals surface area contributed by atoms with Gasteiger partial charge < -0.3 is 14.0 Å². The first-order chi connectivity index (χ1) is 14.9. The Morgan fingerprint density at radius 3 is 2.25 bits per heavy atom. The van der Waals surface area contributed by atoms with E-state index in [-0.39, 0.29) is 16.1 Å². The van der Waals surface area contributed by atoms with E-state index in [1.165, 1.54) is 19.5 Å². The van der Waals surface area contributed by atoms with Gasteiger partial charge in [0.15, 0.2) is 5.65 Å². The van der Waals surface area contributed by atoms with Gasteiger partial charge >= 0.3 is 13.1 Å². The summed E-state index contributed by atoms with van der Waals surface area (Å²) >= 11 is 0. The third-order valence-corrected chi connectivity index (χ3v) is 7.81. The SMILES string of the molecule is COC(=O)c1cnc2c(c1)c(B1OC(C)(C)C(C)(C)O1)cn2S(=O)(=O)c1ccc(C)cc1. The molecule has 10 heteroatoms. The lowest BCUT2D eigenvalue weighted by Gasteiger charge is -2.32. The summed E-state index contributed by atoms with van der Waals surface area (Å²) in [6.07, 6.45) is 2.75. The van der Waals surface area contributed by atoms with E-state index in [1.807, 2.05) is 34.6 Å². The average Bonchev–Trinajstić information content (AvgIpc) is 3.21. The number of benzene rings is 1. The lowest BCUT2D eigenvalue weighted by molar-refractivity contribution is 0.00578. The quantitative estimate of drug-likeness (QED) is 0.440. The van der Waals surface area contributed by atoms with Crippen LogP contribution < -0.4 is 5.46 Å². The Labute approximate surface area is 187 Å². The molecule has 0 aliphatic carbocycles. The van der Waals surface area contributed by atoms with Gasteiger partial charge in [-0.25, -0.2) is 22.2 Å². The molecule has 0 N–H and O–H groups in total. The van der Waals surface area contributed by atoms with E-state index in [0.717, 1.165) is 9.54 Å². The molecule has 1 saturated heterocycles. The van der Waals surface area contributed by atoms with Crippen molar-refractivity contribution in [1.82, 2.24) is 8.96 Å². The maximum atomic E-state index is 13.5. The van der Waals surface area contributed by atoms with Crippen LogP contribution in [-0.2, 0) is 24.1 Å². The minimum Gasteiger partial charge on any atom is -0.465 e. The summed E-state index contributed by atoms with van der Waals surface area (Å²) in [5.74, 6) is -0.576. The molecule has 0 bridgehead atoms. The van der Waals surface area contributed by atoms with Crippen molar-refractivity contribution >= 4 is 39.6 Å². The summed E-state index contributed by atoms with van der Waals surface area (Å²) in [6.45, 7) is 9.52. The van der Waals surface area contributed by atoms with E-state index >= 15 is 0 Å². The Morgan fingerprint density at radius 2 is 1.69 bits per heavy atom. The molecule has 1 aliphatic heterocycles. The number of carbonyl (C=O) groups excluding carboxylic acids is 1. The third kappa shape index (κ3) is 3.52. The average molecular weight is 456 g/mol. The summed E-state index contributed by atoms with van der Waals surface area (Å²) in [5.41, 5.74) is 0.517. The predicted octanol–water partition coefficient (Wildman–Crippen LogP) is 2.67. The van der Waals surface area contributed by atoms with E-state index in [4.69, 9.17) is 14.0 Å². The number of aromatic nitrogens is 2. The Morgan fingerprint density at radius 1 is 1.09 bits per heavy atom. The number of aryl methyl sites for hydroxylation is 1. The highest BCUT2D eigenvalue weighted by Crippen LogP contribution is 2.37. The van der Waals surface area contributed by atoms with Crippen LogP contribution >= 0.6 is 0 Å². The Kier molecular flexibility index (Phi) is 5.23. The molecular weight excluding hydrogens is 431 g/mol. The highest BCUT2D eigenvalue weighted by Gasteiger charge is 2.52. The van der Waals surface area contributed by atoms with E-state index in [9.17, 15) is 13.2 Å². The van der Waals surface area contributed by atoms with Crippen molar-refractivity contribution in [2.24, 2.45) is 0 Å². The normalized spacial score (nSPS) is 17.6. The smallest absolute Gasteiger partial charge is 0.465 e. The van der Waals surface area contributed by atoms with E-state index < -0.39 is 34.3 Å².